The van der Waals surface area contributed by atoms with Crippen molar-refractivity contribution in [3.05, 3.63) is 0 Å². The lowest BCUT2D eigenvalue weighted by molar-refractivity contribution is -0.270. The molecule has 44 heteroatoms. The Morgan fingerprint density at radius 3 is 1.02 bits per heavy atom. The van der Waals surface area contributed by atoms with Crippen molar-refractivity contribution in [2.24, 2.45) is 11.3 Å². The van der Waals surface area contributed by atoms with Gasteiger partial charge in [-0.25, -0.2) is 0 Å². The van der Waals surface area contributed by atoms with Crippen molar-refractivity contribution in [2.45, 2.75) is 299 Å². The molecule has 0 bridgehead atoms. The van der Waals surface area contributed by atoms with Gasteiger partial charge in [0.2, 0.25) is 59.1 Å². The van der Waals surface area contributed by atoms with Gasteiger partial charge < -0.3 is 156 Å². The number of unbranched alkanes of at least 4 members (excludes halogenated alkanes) is 10. The van der Waals surface area contributed by atoms with Crippen LogP contribution in [0.1, 0.15) is 201 Å². The predicted molar refractivity (Wildman–Crippen MR) is 437 cm³/mol. The van der Waals surface area contributed by atoms with Crippen molar-refractivity contribution in [3.63, 3.8) is 0 Å². The number of likely N-dealkylation sites (tertiary alicyclic amines) is 1. The van der Waals surface area contributed by atoms with Crippen molar-refractivity contribution < 1.29 is 160 Å². The fourth-order valence-electron chi connectivity index (χ4n) is 14.5. The van der Waals surface area contributed by atoms with Gasteiger partial charge in [-0.05, 0) is 83.0 Å². The minimum atomic E-state index is -4.94. The predicted octanol–water partition coefficient (Wildman–Crippen LogP) is -3.97. The van der Waals surface area contributed by atoms with E-state index < -0.39 is 149 Å². The molecule has 19 N–H and O–H groups in total. The molecule has 10 amide bonds. The highest BCUT2D eigenvalue weighted by atomic mass is 31.2. The van der Waals surface area contributed by atoms with Gasteiger partial charge >= 0.3 is 0 Å². The van der Waals surface area contributed by atoms with Crippen LogP contribution in [0.2, 0.25) is 0 Å². The average Bonchev–Trinajstić information content (AvgIpc) is 1.01. The third-order valence-corrected chi connectivity index (χ3v) is 21.6. The Hall–Kier alpha value is -6.24. The molecule has 18 atom stereocenters. The van der Waals surface area contributed by atoms with E-state index in [-0.39, 0.29) is 210 Å². The summed E-state index contributed by atoms with van der Waals surface area (Å²) < 4.78 is 68.2. The number of ketones is 1. The van der Waals surface area contributed by atoms with Gasteiger partial charge in [-0.15, -0.1) is 0 Å². The van der Waals surface area contributed by atoms with Crippen molar-refractivity contribution in [2.75, 3.05) is 132 Å². The van der Waals surface area contributed by atoms with E-state index in [9.17, 15) is 108 Å². The average molecular weight is 1800 g/mol. The molecule has 4 rings (SSSR count). The van der Waals surface area contributed by atoms with Gasteiger partial charge in [-0.2, -0.15) is 0 Å². The van der Waals surface area contributed by atoms with E-state index in [1.807, 2.05) is 6.92 Å². The SMILES string of the molecule is CC(=O)NC1C(OCCCCC(=O)NCCCNC(=O)CCOCC(COCCC(=O)NCCCNC(=O)CCCCOC2OC(CO)C(O)C(O)C2NC(C)=O)(COCCC(=O)NCCCNC(=O)CCCCOC2OC(CO)C(O)C(O)C2NC(C)=O)CC(=O)CCCCCCCCCCC(=O)N2C[C@H](C)CC2COP(=O)([O-])O)OC(CO)C(O)C1O. The monoisotopic (exact) mass is 1800 g/mol. The van der Waals surface area contributed by atoms with Crippen LogP contribution >= 0.6 is 7.82 Å². The van der Waals surface area contributed by atoms with E-state index in [2.05, 4.69) is 52.4 Å². The number of phosphoric acid groups is 1. The molecule has 4 saturated heterocycles. The number of Topliss-reactive ketones (excluding diaryl/α,β-unsaturated/α-hetero) is 1. The van der Waals surface area contributed by atoms with E-state index in [4.69, 9.17) is 47.5 Å². The lowest BCUT2D eigenvalue weighted by atomic mass is 9.84. The number of carbonyl (C=O) groups excluding carboxylic acids is 11. The number of aliphatic hydroxyl groups excluding tert-OH is 9. The number of aliphatic hydroxyl groups is 9. The lowest BCUT2D eigenvalue weighted by Gasteiger charge is -2.42. The second kappa shape index (κ2) is 62.1. The summed E-state index contributed by atoms with van der Waals surface area (Å²) in [6, 6.07) is -3.75. The van der Waals surface area contributed by atoms with Gasteiger partial charge in [0.05, 0.1) is 72.1 Å². The number of rotatable bonds is 67. The van der Waals surface area contributed by atoms with E-state index in [0.29, 0.717) is 90.0 Å². The third kappa shape index (κ3) is 45.1. The van der Waals surface area contributed by atoms with Crippen LogP contribution in [-0.2, 0) is 104 Å². The molecule has 124 heavy (non-hydrogen) atoms. The first-order valence-electron chi connectivity index (χ1n) is 43.6. The first-order chi connectivity index (χ1) is 59.2. The molecule has 43 nitrogen and oxygen atoms in total. The van der Waals surface area contributed by atoms with Crippen molar-refractivity contribution in [1.29, 1.82) is 0 Å². The van der Waals surface area contributed by atoms with Crippen molar-refractivity contribution in [1.82, 2.24) is 52.8 Å². The van der Waals surface area contributed by atoms with Crippen molar-refractivity contribution >= 4 is 72.7 Å². The second-order valence-electron chi connectivity index (χ2n) is 32.2. The Labute approximate surface area is 724 Å². The van der Waals surface area contributed by atoms with Crippen LogP contribution in [0.15, 0.2) is 0 Å². The van der Waals surface area contributed by atoms with Gasteiger partial charge in [0, 0.05) is 150 Å². The molecular formula is C80H142N10O33P-. The zero-order valence-electron chi connectivity index (χ0n) is 72.3. The van der Waals surface area contributed by atoms with E-state index >= 15 is 0 Å². The molecule has 0 radical (unpaired) electrons. The summed E-state index contributed by atoms with van der Waals surface area (Å²) in [5.74, 6) is -3.47. The first kappa shape index (κ1) is 110. The Morgan fingerprint density at radius 1 is 0.411 bits per heavy atom. The minimum absolute atomic E-state index is 0.0694. The molecule has 0 aromatic carbocycles. The quantitative estimate of drug-likeness (QED) is 0.0204. The number of hydrogen-bond donors (Lipinski definition) is 19. The number of phosphoric ester groups is 1. The molecule has 17 unspecified atom stereocenters. The summed E-state index contributed by atoms with van der Waals surface area (Å²) in [4.78, 5) is 162. The van der Waals surface area contributed by atoms with E-state index in [0.717, 1.165) is 38.5 Å². The Bertz CT molecular complexity index is 2950. The normalized spacial score (nSPS) is 25.4. The highest BCUT2D eigenvalue weighted by molar-refractivity contribution is 7.44. The van der Waals surface area contributed by atoms with Gasteiger partial charge in [0.15, 0.2) is 18.9 Å². The van der Waals surface area contributed by atoms with Crippen molar-refractivity contribution in [3.8, 4) is 0 Å². The maximum absolute atomic E-state index is 14.2. The van der Waals surface area contributed by atoms with Crippen LogP contribution in [0, 0.1) is 11.3 Å². The molecule has 4 aliphatic rings. The molecule has 0 spiro atoms. The van der Waals surface area contributed by atoms with Gasteiger partial charge in [0.1, 0.15) is 78.8 Å². The number of nitrogens with one attached hydrogen (secondary N) is 9. The van der Waals surface area contributed by atoms with Crippen LogP contribution < -0.4 is 52.7 Å². The minimum Gasteiger partial charge on any atom is -0.756 e. The Morgan fingerprint density at radius 2 is 0.710 bits per heavy atom. The smallest absolute Gasteiger partial charge is 0.265 e. The van der Waals surface area contributed by atoms with Gasteiger partial charge in [0.25, 0.3) is 7.82 Å². The molecule has 4 heterocycles. The maximum Gasteiger partial charge on any atom is 0.265 e. The summed E-state index contributed by atoms with van der Waals surface area (Å²) in [7, 11) is -4.94. The maximum atomic E-state index is 14.2. The fraction of sp³-hybridized carbons (Fsp3) is 0.863. The summed E-state index contributed by atoms with van der Waals surface area (Å²) in [6.45, 7) is 4.73. The highest BCUT2D eigenvalue weighted by Gasteiger charge is 2.48. The second-order valence-corrected chi connectivity index (χ2v) is 33.4. The molecule has 4 aliphatic heterocycles. The largest absolute Gasteiger partial charge is 0.756 e. The molecule has 0 saturated carbocycles. The molecule has 716 valence electrons. The Balaban J connectivity index is 1.31. The summed E-state index contributed by atoms with van der Waals surface area (Å²) in [5, 5.41) is 115. The highest BCUT2D eigenvalue weighted by Crippen LogP contribution is 2.35. The number of nitrogens with zero attached hydrogens (tertiary/aromatic N) is 1. The van der Waals surface area contributed by atoms with E-state index in [1.54, 1.807) is 4.90 Å². The molecule has 4 fully saturated rings. The Kier molecular flexibility index (Phi) is 55.1. The number of amides is 10. The van der Waals surface area contributed by atoms with Gasteiger partial charge in [-0.3, -0.25) is 57.3 Å². The number of hydrogen-bond acceptors (Lipinski definition) is 32. The zero-order valence-corrected chi connectivity index (χ0v) is 73.2. The summed E-state index contributed by atoms with van der Waals surface area (Å²) in [5.41, 5.74) is -1.21. The molecular weight excluding hydrogens is 1660 g/mol. The van der Waals surface area contributed by atoms with Crippen LogP contribution in [-0.4, -0.2) is 350 Å². The molecule has 0 aliphatic carbocycles. The number of carbonyl (C=O) groups is 11. The van der Waals surface area contributed by atoms with Crippen LogP contribution in [0.4, 0.5) is 0 Å². The zero-order chi connectivity index (χ0) is 91.4. The fourth-order valence-corrected chi connectivity index (χ4v) is 14.9. The van der Waals surface area contributed by atoms with Crippen LogP contribution in [0.25, 0.3) is 0 Å². The molecule has 0 aromatic rings. The first-order valence-corrected chi connectivity index (χ1v) is 45.1. The van der Waals surface area contributed by atoms with Crippen LogP contribution in [0.5, 0.6) is 0 Å². The summed E-state index contributed by atoms with van der Waals surface area (Å²) >= 11 is 0. The van der Waals surface area contributed by atoms with Gasteiger partial charge in [-0.1, -0.05) is 45.4 Å². The molecule has 0 aromatic heterocycles. The summed E-state index contributed by atoms with van der Waals surface area (Å²) in [6.07, 6.45) is -5.04. The number of ether oxygens (including phenoxy) is 9. The lowest BCUT2D eigenvalue weighted by Crippen LogP contribution is -2.64. The third-order valence-electron chi connectivity index (χ3n) is 21.2. The standard InChI is InChI=1S/C80H143N10O33P/c1-52-42-56(48-120-124(111,112)113)90(44-52)67(104)26-12-10-8-6-5-7-9-11-22-57(97)43-80(49-114-39-27-64(101)84-33-19-30-81-61(98)23-13-16-36-117-77-68(87-53(2)94)74(108)71(105)58(45-91)121-77,50-115-40-28-65(102)85-34-20-31-82-62(99)24-14-17-37-118-78-69(88-54(3)95)75(109)72(106)59(46-92)122-78)51-116-41-29-66(103)86-35-21-32-83-63(100)25-15-18-38-119-79-70(89-55(4)96)76(110)73(107)60(47-93)123-79/h52,56,58-60,68-79,91-93,105-110H,5-51H2,1-4H3,(H,81,98)(H,82,99)(H,83,100)(H,84,101)(H,85,102)(H,86,103)(H,87,94)(H,88,95)(H,89,96)(H2,111,112,113)/p-1/t52-,56?,58?,59?,60?,68?,69?,70?,71?,72?,73?,74?,75?,76?,77?,78?,79?,80?/m1/s1. The van der Waals surface area contributed by atoms with Crippen LogP contribution in [0.3, 0.4) is 0 Å². The van der Waals surface area contributed by atoms with E-state index in [1.165, 1.54) is 20.8 Å². The topological polar surface area (TPSA) is 634 Å².